The summed E-state index contributed by atoms with van der Waals surface area (Å²) in [7, 11) is 6.98. The molecule has 1 aliphatic heterocycles. The van der Waals surface area contributed by atoms with E-state index < -0.39 is 11.5 Å². The van der Waals surface area contributed by atoms with Gasteiger partial charge in [0.2, 0.25) is 0 Å². The third-order valence-corrected chi connectivity index (χ3v) is 10.9. The molecule has 35 heavy (non-hydrogen) atoms. The molecule has 5 bridgehead atoms. The second-order valence-corrected chi connectivity index (χ2v) is 11.6. The molecule has 1 heterocycles. The van der Waals surface area contributed by atoms with Crippen molar-refractivity contribution in [2.24, 2.45) is 40.4 Å². The standard InChI is InChI=1S/C27H39NO7/c1-7-28-11-26(12-31-3)18(35-13(2)29)10-19(33-5)27-16-8-15-20(16)14(9-17(32-4)22(15)30)21(25(27)28)23(34-6)24(26)27/h9,15-21,23-25H,7-8,10-12H2,1-6H3/t15-,16-,17+,18+,19-,20-,21-,23-,24+,25?,26-,27-/m0/s1. The molecule has 0 aromatic rings. The minimum atomic E-state index is -0.478. The molecule has 1 spiro atoms. The van der Waals surface area contributed by atoms with Gasteiger partial charge in [0, 0.05) is 83.0 Å². The van der Waals surface area contributed by atoms with E-state index in [4.69, 9.17) is 23.7 Å². The van der Waals surface area contributed by atoms with Crippen LogP contribution in [0.15, 0.2) is 11.6 Å². The summed E-state index contributed by atoms with van der Waals surface area (Å²) in [6.07, 6.45) is 2.65. The zero-order chi connectivity index (χ0) is 24.9. The molecule has 0 aromatic carbocycles. The molecule has 8 nitrogen and oxygen atoms in total. The summed E-state index contributed by atoms with van der Waals surface area (Å²) in [5.74, 6) is 0.731. The Balaban J connectivity index is 1.61. The molecule has 6 rings (SSSR count). The monoisotopic (exact) mass is 489 g/mol. The topological polar surface area (TPSA) is 83.5 Å². The van der Waals surface area contributed by atoms with Crippen LogP contribution in [-0.2, 0) is 33.3 Å². The molecule has 5 aliphatic carbocycles. The zero-order valence-electron chi connectivity index (χ0n) is 21.7. The van der Waals surface area contributed by atoms with Crippen LogP contribution in [0.1, 0.15) is 26.7 Å². The minimum absolute atomic E-state index is 0.0107. The number of hydrogen-bond donors (Lipinski definition) is 0. The van der Waals surface area contributed by atoms with E-state index in [1.54, 1.807) is 21.3 Å². The molecule has 4 saturated carbocycles. The molecule has 0 amide bonds. The molecule has 1 saturated heterocycles. The third kappa shape index (κ3) is 2.65. The molecule has 0 radical (unpaired) electrons. The normalized spacial score (nSPS) is 51.4. The van der Waals surface area contributed by atoms with Crippen LogP contribution in [0.3, 0.4) is 0 Å². The van der Waals surface area contributed by atoms with Gasteiger partial charge in [0.15, 0.2) is 5.78 Å². The quantitative estimate of drug-likeness (QED) is 0.395. The fourth-order valence-electron chi connectivity index (χ4n) is 10.3. The minimum Gasteiger partial charge on any atom is -0.462 e. The van der Waals surface area contributed by atoms with E-state index in [1.807, 2.05) is 7.11 Å². The summed E-state index contributed by atoms with van der Waals surface area (Å²) < 4.78 is 30.5. The fraction of sp³-hybridized carbons (Fsp3) is 0.852. The number of ketones is 1. The number of Topliss-reactive ketones (excluding diaryl/α,β-unsaturated/α-hetero) is 1. The van der Waals surface area contributed by atoms with Crippen molar-refractivity contribution in [2.75, 3.05) is 48.1 Å². The predicted molar refractivity (Wildman–Crippen MR) is 125 cm³/mol. The smallest absolute Gasteiger partial charge is 0.302 e. The molecule has 6 aliphatic rings. The number of piperidine rings is 1. The van der Waals surface area contributed by atoms with Gasteiger partial charge in [-0.3, -0.25) is 14.5 Å². The van der Waals surface area contributed by atoms with Gasteiger partial charge in [-0.05, 0) is 30.9 Å². The Morgan fingerprint density at radius 3 is 2.46 bits per heavy atom. The molecule has 1 unspecified atom stereocenters. The van der Waals surface area contributed by atoms with Gasteiger partial charge in [0.25, 0.3) is 0 Å². The molecule has 194 valence electrons. The highest BCUT2D eigenvalue weighted by Crippen LogP contribution is 2.79. The SMILES string of the molecule is CCN1C[C@@]2(COC)[C@H]3[C@@H](OC)[C@@H]4C5=C[C@@H](OC)C(=O)[C@H]6C[C@@H]([C@@H]56)[C@]3(C41)[C@@H](OC)C[C@H]2OC(C)=O. The largest absolute Gasteiger partial charge is 0.462 e. The molecule has 0 aromatic heterocycles. The number of esters is 1. The van der Waals surface area contributed by atoms with Gasteiger partial charge in [-0.15, -0.1) is 0 Å². The zero-order valence-corrected chi connectivity index (χ0v) is 21.7. The Hall–Kier alpha value is -1.32. The Kier molecular flexibility index (Phi) is 5.56. The summed E-state index contributed by atoms with van der Waals surface area (Å²) in [5, 5.41) is 0. The second-order valence-electron chi connectivity index (χ2n) is 11.6. The summed E-state index contributed by atoms with van der Waals surface area (Å²) in [6, 6.07) is 0.245. The van der Waals surface area contributed by atoms with Crippen LogP contribution in [0.2, 0.25) is 0 Å². The van der Waals surface area contributed by atoms with Gasteiger partial charge in [-0.25, -0.2) is 0 Å². The third-order valence-electron chi connectivity index (χ3n) is 10.9. The first-order chi connectivity index (χ1) is 16.8. The maximum Gasteiger partial charge on any atom is 0.302 e. The Morgan fingerprint density at radius 2 is 1.86 bits per heavy atom. The first-order valence-electron chi connectivity index (χ1n) is 13.1. The lowest BCUT2D eigenvalue weighted by molar-refractivity contribution is -0.292. The van der Waals surface area contributed by atoms with Crippen molar-refractivity contribution in [1.29, 1.82) is 0 Å². The van der Waals surface area contributed by atoms with Crippen molar-refractivity contribution < 1.29 is 33.3 Å². The second kappa shape index (κ2) is 8.09. The average molecular weight is 490 g/mol. The number of hydrogen-bond acceptors (Lipinski definition) is 8. The number of rotatable bonds is 7. The number of nitrogens with zero attached hydrogens (tertiary/aromatic N) is 1. The van der Waals surface area contributed by atoms with E-state index in [0.29, 0.717) is 18.9 Å². The molecule has 5 fully saturated rings. The van der Waals surface area contributed by atoms with Crippen molar-refractivity contribution in [1.82, 2.24) is 4.90 Å². The number of likely N-dealkylation sites (tertiary alicyclic amines) is 1. The van der Waals surface area contributed by atoms with Gasteiger partial charge in [0.05, 0.1) is 18.8 Å². The highest BCUT2D eigenvalue weighted by Gasteiger charge is 2.84. The fourth-order valence-corrected chi connectivity index (χ4v) is 10.3. The first kappa shape index (κ1) is 24.0. The summed E-state index contributed by atoms with van der Waals surface area (Å²) in [6.45, 7) is 5.86. The summed E-state index contributed by atoms with van der Waals surface area (Å²) >= 11 is 0. The van der Waals surface area contributed by atoms with E-state index in [0.717, 1.165) is 19.5 Å². The average Bonchev–Trinajstić information content (AvgIpc) is 2.98. The van der Waals surface area contributed by atoms with E-state index in [-0.39, 0.29) is 65.2 Å². The van der Waals surface area contributed by atoms with Crippen LogP contribution in [-0.4, -0.2) is 95.2 Å². The lowest BCUT2D eigenvalue weighted by Crippen LogP contribution is -2.79. The highest BCUT2D eigenvalue weighted by atomic mass is 16.6. The number of ether oxygens (including phenoxy) is 5. The molecule has 0 N–H and O–H groups in total. The highest BCUT2D eigenvalue weighted by molar-refractivity contribution is 5.90. The maximum atomic E-state index is 13.2. The van der Waals surface area contributed by atoms with Crippen LogP contribution in [0, 0.1) is 40.4 Å². The summed E-state index contributed by atoms with van der Waals surface area (Å²) in [5.41, 5.74) is 0.740. The van der Waals surface area contributed by atoms with E-state index >= 15 is 0 Å². The molecule has 8 heteroatoms. The number of carbonyl (C=O) groups excluding carboxylic acids is 2. The molecule has 12 atom stereocenters. The first-order valence-corrected chi connectivity index (χ1v) is 13.1. The van der Waals surface area contributed by atoms with Crippen LogP contribution in [0.25, 0.3) is 0 Å². The van der Waals surface area contributed by atoms with E-state index in [9.17, 15) is 9.59 Å². The number of methoxy groups -OCH3 is 4. The van der Waals surface area contributed by atoms with Gasteiger partial charge in [0.1, 0.15) is 12.2 Å². The lowest BCUT2D eigenvalue weighted by Gasteiger charge is -2.72. The Bertz CT molecular complexity index is 952. The van der Waals surface area contributed by atoms with Crippen molar-refractivity contribution >= 4 is 11.8 Å². The number of fused-ring (bicyclic) bond motifs is 1. The van der Waals surface area contributed by atoms with Crippen molar-refractivity contribution in [2.45, 2.75) is 57.1 Å². The summed E-state index contributed by atoms with van der Waals surface area (Å²) in [4.78, 5) is 28.2. The maximum absolute atomic E-state index is 13.2. The van der Waals surface area contributed by atoms with E-state index in [2.05, 4.69) is 17.9 Å². The van der Waals surface area contributed by atoms with Gasteiger partial charge < -0.3 is 23.7 Å². The molecular formula is C27H39NO7. The number of carbonyl (C=O) groups is 2. The van der Waals surface area contributed by atoms with Gasteiger partial charge in [-0.2, -0.15) is 0 Å². The van der Waals surface area contributed by atoms with Crippen LogP contribution >= 0.6 is 0 Å². The van der Waals surface area contributed by atoms with E-state index in [1.165, 1.54) is 12.5 Å². The van der Waals surface area contributed by atoms with Gasteiger partial charge >= 0.3 is 5.97 Å². The van der Waals surface area contributed by atoms with Crippen molar-refractivity contribution in [3.8, 4) is 0 Å². The van der Waals surface area contributed by atoms with Crippen LogP contribution < -0.4 is 0 Å². The lowest BCUT2D eigenvalue weighted by atomic mass is 9.37. The predicted octanol–water partition coefficient (Wildman–Crippen LogP) is 1.71. The Labute approximate surface area is 207 Å². The van der Waals surface area contributed by atoms with Crippen molar-refractivity contribution in [3.63, 3.8) is 0 Å². The molecular weight excluding hydrogens is 450 g/mol. The van der Waals surface area contributed by atoms with Gasteiger partial charge in [-0.1, -0.05) is 12.5 Å². The van der Waals surface area contributed by atoms with Crippen LogP contribution in [0.4, 0.5) is 0 Å². The Morgan fingerprint density at radius 1 is 1.09 bits per heavy atom. The van der Waals surface area contributed by atoms with Crippen molar-refractivity contribution in [3.05, 3.63) is 11.6 Å². The van der Waals surface area contributed by atoms with Crippen LogP contribution in [0.5, 0.6) is 0 Å².